The molecule has 2 aliphatic carbocycles. The molecule has 0 amide bonds. The Bertz CT molecular complexity index is 1570. The second-order valence-electron chi connectivity index (χ2n) is 11.2. The molecule has 0 N–H and O–H groups in total. The maximum absolute atomic E-state index is 4.70. The molecule has 174 valence electrons. The number of rotatable bonds is 2. The van der Waals surface area contributed by atoms with Gasteiger partial charge in [0, 0.05) is 34.4 Å². The highest BCUT2D eigenvalue weighted by molar-refractivity contribution is 5.84. The zero-order valence-electron chi connectivity index (χ0n) is 21.1. The molecule has 3 aromatic carbocycles. The van der Waals surface area contributed by atoms with Crippen molar-refractivity contribution in [1.29, 1.82) is 0 Å². The van der Waals surface area contributed by atoms with Crippen molar-refractivity contribution < 1.29 is 0 Å². The van der Waals surface area contributed by atoms with E-state index in [1.807, 2.05) is 24.5 Å². The van der Waals surface area contributed by atoms with Gasteiger partial charge in [0.2, 0.25) is 0 Å². The zero-order chi connectivity index (χ0) is 24.7. The van der Waals surface area contributed by atoms with Crippen LogP contribution in [0.4, 0.5) is 0 Å². The van der Waals surface area contributed by atoms with E-state index in [9.17, 15) is 0 Å². The Hall–Kier alpha value is -4.04. The number of aromatic nitrogens is 2. The van der Waals surface area contributed by atoms with Gasteiger partial charge >= 0.3 is 0 Å². The third kappa shape index (κ3) is 2.85. The van der Waals surface area contributed by atoms with Crippen molar-refractivity contribution in [2.24, 2.45) is 0 Å². The summed E-state index contributed by atoms with van der Waals surface area (Å²) in [6.07, 6.45) is 3.79. The monoisotopic (exact) mass is 464 g/mol. The molecule has 2 aromatic heterocycles. The lowest BCUT2D eigenvalue weighted by Gasteiger charge is -2.22. The molecule has 0 unspecified atom stereocenters. The quantitative estimate of drug-likeness (QED) is 0.262. The summed E-state index contributed by atoms with van der Waals surface area (Å²) in [5.74, 6) is 0. The number of pyridine rings is 2. The molecule has 0 aliphatic heterocycles. The Labute approximate surface area is 212 Å². The van der Waals surface area contributed by atoms with Crippen molar-refractivity contribution in [1.82, 2.24) is 9.97 Å². The SMILES string of the molecule is CC1(C)c2cc(-c3cccc(-c4ccc5c(c4)C(C)(C)c4cccnc4-5)c3)ccc2-c2ncccc21. The van der Waals surface area contributed by atoms with Crippen molar-refractivity contribution in [3.8, 4) is 44.8 Å². The number of fused-ring (bicyclic) bond motifs is 6. The molecule has 36 heavy (non-hydrogen) atoms. The molecule has 0 saturated heterocycles. The summed E-state index contributed by atoms with van der Waals surface area (Å²) in [6, 6.07) is 31.2. The van der Waals surface area contributed by atoms with Crippen LogP contribution in [0.15, 0.2) is 97.3 Å². The van der Waals surface area contributed by atoms with E-state index < -0.39 is 0 Å². The van der Waals surface area contributed by atoms with E-state index in [4.69, 9.17) is 9.97 Å². The van der Waals surface area contributed by atoms with Gasteiger partial charge in [0.05, 0.1) is 11.4 Å². The third-order valence-electron chi connectivity index (χ3n) is 8.39. The normalized spacial score (nSPS) is 15.7. The minimum absolute atomic E-state index is 0.0544. The van der Waals surface area contributed by atoms with E-state index in [-0.39, 0.29) is 10.8 Å². The van der Waals surface area contributed by atoms with Gasteiger partial charge in [0.25, 0.3) is 0 Å². The lowest BCUT2D eigenvalue weighted by molar-refractivity contribution is 0.659. The fraction of sp³-hybridized carbons (Fsp3) is 0.176. The molecule has 7 rings (SSSR count). The van der Waals surface area contributed by atoms with Crippen LogP contribution in [0.1, 0.15) is 49.9 Å². The van der Waals surface area contributed by atoms with Crippen molar-refractivity contribution in [2.45, 2.75) is 38.5 Å². The van der Waals surface area contributed by atoms with Crippen LogP contribution in [0.25, 0.3) is 44.8 Å². The van der Waals surface area contributed by atoms with Gasteiger partial charge in [-0.25, -0.2) is 0 Å². The zero-order valence-corrected chi connectivity index (χ0v) is 21.1. The summed E-state index contributed by atoms with van der Waals surface area (Å²) >= 11 is 0. The van der Waals surface area contributed by atoms with Crippen LogP contribution in [0, 0.1) is 0 Å². The molecule has 0 spiro atoms. The molecule has 0 radical (unpaired) electrons. The number of hydrogen-bond donors (Lipinski definition) is 0. The van der Waals surface area contributed by atoms with E-state index in [1.165, 1.54) is 55.6 Å². The fourth-order valence-corrected chi connectivity index (χ4v) is 6.31. The van der Waals surface area contributed by atoms with Crippen molar-refractivity contribution >= 4 is 0 Å². The highest BCUT2D eigenvalue weighted by atomic mass is 14.7. The largest absolute Gasteiger partial charge is 0.256 e. The Morgan fingerprint density at radius 3 is 1.36 bits per heavy atom. The van der Waals surface area contributed by atoms with Crippen LogP contribution in [0.5, 0.6) is 0 Å². The first-order valence-electron chi connectivity index (χ1n) is 12.7. The van der Waals surface area contributed by atoms with Gasteiger partial charge in [-0.2, -0.15) is 0 Å². The predicted molar refractivity (Wildman–Crippen MR) is 148 cm³/mol. The van der Waals surface area contributed by atoms with Gasteiger partial charge in [-0.15, -0.1) is 0 Å². The molecule has 0 fully saturated rings. The van der Waals surface area contributed by atoms with E-state index >= 15 is 0 Å². The molecular weight excluding hydrogens is 436 g/mol. The van der Waals surface area contributed by atoms with Crippen molar-refractivity contribution in [3.05, 3.63) is 120 Å². The Balaban J connectivity index is 1.30. The minimum Gasteiger partial charge on any atom is -0.256 e. The summed E-state index contributed by atoms with van der Waals surface area (Å²) in [5.41, 5.74) is 14.9. The lowest BCUT2D eigenvalue weighted by Crippen LogP contribution is -2.15. The average molecular weight is 465 g/mol. The third-order valence-corrected chi connectivity index (χ3v) is 8.39. The summed E-state index contributed by atoms with van der Waals surface area (Å²) in [5, 5.41) is 0. The second-order valence-corrected chi connectivity index (χ2v) is 11.2. The van der Waals surface area contributed by atoms with Gasteiger partial charge in [0.1, 0.15) is 0 Å². The molecule has 0 atom stereocenters. The summed E-state index contributed by atoms with van der Waals surface area (Å²) in [7, 11) is 0. The smallest absolute Gasteiger partial charge is 0.0745 e. The van der Waals surface area contributed by atoms with Gasteiger partial charge in [0.15, 0.2) is 0 Å². The van der Waals surface area contributed by atoms with Gasteiger partial charge < -0.3 is 0 Å². The summed E-state index contributed by atoms with van der Waals surface area (Å²) in [4.78, 5) is 9.41. The van der Waals surface area contributed by atoms with Crippen molar-refractivity contribution in [3.63, 3.8) is 0 Å². The van der Waals surface area contributed by atoms with E-state index in [2.05, 4.69) is 100 Å². The van der Waals surface area contributed by atoms with Crippen LogP contribution in [0.3, 0.4) is 0 Å². The first-order valence-corrected chi connectivity index (χ1v) is 12.7. The molecule has 2 aliphatic rings. The van der Waals surface area contributed by atoms with Crippen LogP contribution >= 0.6 is 0 Å². The van der Waals surface area contributed by atoms with Crippen LogP contribution in [-0.4, -0.2) is 9.97 Å². The molecule has 5 aromatic rings. The van der Waals surface area contributed by atoms with Gasteiger partial charge in [-0.3, -0.25) is 9.97 Å². The van der Waals surface area contributed by atoms with Gasteiger partial charge in [-0.05, 0) is 74.8 Å². The highest BCUT2D eigenvalue weighted by Gasteiger charge is 2.37. The Morgan fingerprint density at radius 2 is 0.889 bits per heavy atom. The van der Waals surface area contributed by atoms with Crippen LogP contribution < -0.4 is 0 Å². The number of benzene rings is 3. The highest BCUT2D eigenvalue weighted by Crippen LogP contribution is 2.50. The fourth-order valence-electron chi connectivity index (χ4n) is 6.31. The standard InChI is InChI=1S/C34H28N2/c1-33(2)27-10-6-16-35-31(27)25-14-12-23(19-29(25)33)21-8-5-9-22(18-21)24-13-15-26-30(20-24)34(3,4)28-11-7-17-36-32(26)28/h5-20H,1-4H3. The predicted octanol–water partition coefficient (Wildman–Crippen LogP) is 8.42. The summed E-state index contributed by atoms with van der Waals surface area (Å²) < 4.78 is 0. The first kappa shape index (κ1) is 21.3. The molecule has 0 bridgehead atoms. The van der Waals surface area contributed by atoms with E-state index in [1.54, 1.807) is 0 Å². The molecule has 2 heterocycles. The maximum atomic E-state index is 4.70. The second kappa shape index (κ2) is 7.24. The van der Waals surface area contributed by atoms with E-state index in [0.717, 1.165) is 11.4 Å². The molecule has 2 heteroatoms. The number of hydrogen-bond acceptors (Lipinski definition) is 2. The minimum atomic E-state index is -0.0544. The Morgan fingerprint density at radius 1 is 0.444 bits per heavy atom. The Kier molecular flexibility index (Phi) is 4.27. The first-order chi connectivity index (χ1) is 17.4. The topological polar surface area (TPSA) is 25.8 Å². The van der Waals surface area contributed by atoms with Crippen molar-refractivity contribution in [2.75, 3.05) is 0 Å². The van der Waals surface area contributed by atoms with Crippen LogP contribution in [-0.2, 0) is 10.8 Å². The maximum Gasteiger partial charge on any atom is 0.0745 e. The average Bonchev–Trinajstić information content (AvgIpc) is 3.28. The number of nitrogens with zero attached hydrogens (tertiary/aromatic N) is 2. The molecular formula is C34H28N2. The van der Waals surface area contributed by atoms with E-state index in [0.29, 0.717) is 0 Å². The molecule has 2 nitrogen and oxygen atoms in total. The molecule has 0 saturated carbocycles. The van der Waals surface area contributed by atoms with Crippen LogP contribution in [0.2, 0.25) is 0 Å². The lowest BCUT2D eigenvalue weighted by atomic mass is 9.81. The van der Waals surface area contributed by atoms with Gasteiger partial charge in [-0.1, -0.05) is 82.3 Å². The summed E-state index contributed by atoms with van der Waals surface area (Å²) in [6.45, 7) is 9.22.